The molecule has 0 saturated carbocycles. The van der Waals surface area contributed by atoms with E-state index in [9.17, 15) is 0 Å². The van der Waals surface area contributed by atoms with Crippen molar-refractivity contribution in [1.82, 2.24) is 0 Å². The molecule has 0 N–H and O–H groups in total. The van der Waals surface area contributed by atoms with Crippen LogP contribution in [0.1, 0.15) is 0 Å². The fourth-order valence-electron chi connectivity index (χ4n) is 8.14. The van der Waals surface area contributed by atoms with Crippen LogP contribution in [-0.2, 0) is 0 Å². The highest BCUT2D eigenvalue weighted by atomic mass is 16.5. The lowest BCUT2D eigenvalue weighted by Crippen LogP contribution is -2.61. The number of nitrogens with zero attached hydrogens (tertiary/aromatic N) is 2. The predicted octanol–water partition coefficient (Wildman–Crippen LogP) is 10.9. The van der Waals surface area contributed by atoms with Crippen molar-refractivity contribution < 1.29 is 4.74 Å². The monoisotopic (exact) mass is 664 g/mol. The molecule has 52 heavy (non-hydrogen) atoms. The Labute approximate surface area is 304 Å². The van der Waals surface area contributed by atoms with Gasteiger partial charge in [-0.1, -0.05) is 152 Å². The second-order valence-corrected chi connectivity index (χ2v) is 13.3. The van der Waals surface area contributed by atoms with E-state index in [2.05, 4.69) is 180 Å². The summed E-state index contributed by atoms with van der Waals surface area (Å²) >= 11 is 0. The van der Waals surface area contributed by atoms with Gasteiger partial charge in [0.25, 0.3) is 6.71 Å². The molecule has 0 fully saturated rings. The molecule has 0 aromatic heterocycles. The molecule has 0 aliphatic carbocycles. The van der Waals surface area contributed by atoms with Crippen molar-refractivity contribution in [2.45, 2.75) is 0 Å². The SMILES string of the molecule is c1ccc(Oc2cc3c4c(c2)N(c2ccccc2-c2ccccc2)c2ccccc2B4c2ccccc2N3c2ccccc2-c2ccccc2)cc1. The summed E-state index contributed by atoms with van der Waals surface area (Å²) in [5.74, 6) is 1.58. The molecule has 0 radical (unpaired) electrons. The summed E-state index contributed by atoms with van der Waals surface area (Å²) in [6, 6.07) is 71.3. The average Bonchev–Trinajstić information content (AvgIpc) is 3.22. The van der Waals surface area contributed by atoms with Gasteiger partial charge in [0.05, 0.1) is 11.4 Å². The molecule has 10 rings (SSSR count). The van der Waals surface area contributed by atoms with Gasteiger partial charge in [-0.25, -0.2) is 0 Å². The lowest BCUT2D eigenvalue weighted by molar-refractivity contribution is 0.483. The molecular weight excluding hydrogens is 631 g/mol. The van der Waals surface area contributed by atoms with E-state index in [1.165, 1.54) is 50.0 Å². The van der Waals surface area contributed by atoms with Crippen LogP contribution in [0.15, 0.2) is 200 Å². The molecule has 0 spiro atoms. The van der Waals surface area contributed by atoms with Gasteiger partial charge in [-0.05, 0) is 63.9 Å². The van der Waals surface area contributed by atoms with E-state index in [0.29, 0.717) is 0 Å². The Balaban J connectivity index is 1.30. The molecule has 0 atom stereocenters. The van der Waals surface area contributed by atoms with Crippen LogP contribution in [0.4, 0.5) is 34.1 Å². The minimum atomic E-state index is 0.0171. The lowest BCUT2D eigenvalue weighted by Gasteiger charge is -2.44. The molecule has 8 aromatic carbocycles. The summed E-state index contributed by atoms with van der Waals surface area (Å²) in [6.45, 7) is 0.0171. The summed E-state index contributed by atoms with van der Waals surface area (Å²) in [7, 11) is 0. The van der Waals surface area contributed by atoms with Gasteiger partial charge < -0.3 is 14.5 Å². The maximum Gasteiger partial charge on any atom is 0.252 e. The third-order valence-electron chi connectivity index (χ3n) is 10.3. The smallest absolute Gasteiger partial charge is 0.252 e. The zero-order valence-corrected chi connectivity index (χ0v) is 28.4. The molecule has 2 heterocycles. The standard InChI is InChI=1S/C48H33BN2O/c1-4-18-34(19-5-1)38-24-10-14-28-42(38)50-44-30-16-12-26-40(44)49-41-27-13-17-31-45(41)51(43-29-15-11-25-39(43)35-20-6-2-7-21-35)47-33-37(32-46(50)48(47)49)52-36-22-8-3-9-23-36/h1-33H. The van der Waals surface area contributed by atoms with Gasteiger partial charge in [-0.15, -0.1) is 0 Å². The molecule has 0 amide bonds. The topological polar surface area (TPSA) is 15.7 Å². The normalized spacial score (nSPS) is 12.5. The van der Waals surface area contributed by atoms with Gasteiger partial charge in [0.2, 0.25) is 0 Å². The van der Waals surface area contributed by atoms with E-state index in [-0.39, 0.29) is 6.71 Å². The summed E-state index contributed by atoms with van der Waals surface area (Å²) in [5, 5.41) is 0. The number of benzene rings is 8. The van der Waals surface area contributed by atoms with Gasteiger partial charge in [-0.2, -0.15) is 0 Å². The van der Waals surface area contributed by atoms with E-state index in [0.717, 1.165) is 34.2 Å². The molecule has 2 aliphatic rings. The van der Waals surface area contributed by atoms with Crippen LogP contribution >= 0.6 is 0 Å². The number of hydrogen-bond donors (Lipinski definition) is 0. The molecule has 4 heteroatoms. The first-order valence-corrected chi connectivity index (χ1v) is 17.8. The molecule has 0 saturated heterocycles. The minimum absolute atomic E-state index is 0.0171. The number of ether oxygens (including phenoxy) is 1. The van der Waals surface area contributed by atoms with Crippen LogP contribution < -0.4 is 30.9 Å². The van der Waals surface area contributed by atoms with Crippen molar-refractivity contribution in [2.75, 3.05) is 9.80 Å². The van der Waals surface area contributed by atoms with Crippen molar-refractivity contribution in [3.05, 3.63) is 200 Å². The Bertz CT molecular complexity index is 2420. The first kappa shape index (κ1) is 30.1. The Kier molecular flexibility index (Phi) is 7.25. The number of para-hydroxylation sites is 5. The lowest BCUT2D eigenvalue weighted by atomic mass is 9.33. The average molecular weight is 665 g/mol. The highest BCUT2D eigenvalue weighted by molar-refractivity contribution is 7.00. The molecule has 2 aliphatic heterocycles. The highest BCUT2D eigenvalue weighted by Crippen LogP contribution is 2.49. The van der Waals surface area contributed by atoms with E-state index in [1.807, 2.05) is 30.3 Å². The van der Waals surface area contributed by atoms with Crippen LogP contribution in [0, 0.1) is 0 Å². The van der Waals surface area contributed by atoms with Crippen molar-refractivity contribution in [3.8, 4) is 33.8 Å². The zero-order chi connectivity index (χ0) is 34.4. The zero-order valence-electron chi connectivity index (χ0n) is 28.4. The fourth-order valence-corrected chi connectivity index (χ4v) is 8.14. The number of hydrogen-bond acceptors (Lipinski definition) is 3. The summed E-state index contributed by atoms with van der Waals surface area (Å²) in [4.78, 5) is 4.92. The largest absolute Gasteiger partial charge is 0.457 e. The van der Waals surface area contributed by atoms with E-state index in [4.69, 9.17) is 4.74 Å². The minimum Gasteiger partial charge on any atom is -0.457 e. The van der Waals surface area contributed by atoms with Crippen LogP contribution in [0.25, 0.3) is 22.3 Å². The number of anilines is 6. The molecule has 8 aromatic rings. The fraction of sp³-hybridized carbons (Fsp3) is 0. The van der Waals surface area contributed by atoms with Crippen molar-refractivity contribution in [2.24, 2.45) is 0 Å². The first-order chi connectivity index (χ1) is 25.8. The molecule has 0 bridgehead atoms. The maximum atomic E-state index is 6.77. The predicted molar refractivity (Wildman–Crippen MR) is 218 cm³/mol. The Morgan fingerprint density at radius 1 is 0.327 bits per heavy atom. The molecular formula is C48H33BN2O. The quantitative estimate of drug-likeness (QED) is 0.165. The van der Waals surface area contributed by atoms with Crippen molar-refractivity contribution in [1.29, 1.82) is 0 Å². The number of fused-ring (bicyclic) bond motifs is 4. The Morgan fingerprint density at radius 2 is 0.712 bits per heavy atom. The second kappa shape index (κ2) is 12.5. The van der Waals surface area contributed by atoms with Crippen molar-refractivity contribution >= 4 is 57.2 Å². The van der Waals surface area contributed by atoms with E-state index in [1.54, 1.807) is 0 Å². The first-order valence-electron chi connectivity index (χ1n) is 17.8. The third kappa shape index (κ3) is 4.91. The molecule has 0 unspecified atom stereocenters. The van der Waals surface area contributed by atoms with Gasteiger partial charge in [-0.3, -0.25) is 0 Å². The summed E-state index contributed by atoms with van der Waals surface area (Å²) < 4.78 is 6.77. The van der Waals surface area contributed by atoms with Crippen LogP contribution in [0.2, 0.25) is 0 Å². The van der Waals surface area contributed by atoms with Crippen LogP contribution in [0.5, 0.6) is 11.5 Å². The van der Waals surface area contributed by atoms with Crippen LogP contribution in [0.3, 0.4) is 0 Å². The van der Waals surface area contributed by atoms with E-state index < -0.39 is 0 Å². The highest BCUT2D eigenvalue weighted by Gasteiger charge is 2.44. The van der Waals surface area contributed by atoms with Crippen LogP contribution in [-0.4, -0.2) is 6.71 Å². The van der Waals surface area contributed by atoms with Gasteiger partial charge in [0.1, 0.15) is 11.5 Å². The molecule has 3 nitrogen and oxygen atoms in total. The van der Waals surface area contributed by atoms with E-state index >= 15 is 0 Å². The second-order valence-electron chi connectivity index (χ2n) is 13.3. The Morgan fingerprint density at radius 3 is 1.19 bits per heavy atom. The molecule has 244 valence electrons. The van der Waals surface area contributed by atoms with Gasteiger partial charge in [0, 0.05) is 46.0 Å². The van der Waals surface area contributed by atoms with Crippen molar-refractivity contribution in [3.63, 3.8) is 0 Å². The summed E-state index contributed by atoms with van der Waals surface area (Å²) in [6.07, 6.45) is 0. The van der Waals surface area contributed by atoms with Gasteiger partial charge in [0.15, 0.2) is 0 Å². The maximum absolute atomic E-state index is 6.77. The van der Waals surface area contributed by atoms with Gasteiger partial charge >= 0.3 is 0 Å². The Hall–Kier alpha value is -6.78. The number of rotatable bonds is 6. The third-order valence-corrected chi connectivity index (χ3v) is 10.3. The summed E-state index contributed by atoms with van der Waals surface area (Å²) in [5.41, 5.74) is 15.3.